The second-order valence-electron chi connectivity index (χ2n) is 8.38. The summed E-state index contributed by atoms with van der Waals surface area (Å²) in [4.78, 5) is 17.5. The number of oxazole rings is 1. The highest BCUT2D eigenvalue weighted by Crippen LogP contribution is 2.32. The smallest absolute Gasteiger partial charge is 0.291 e. The molecule has 1 atom stereocenters. The largest absolute Gasteiger partial charge is 0.451 e. The van der Waals surface area contributed by atoms with Gasteiger partial charge in [-0.3, -0.25) is 4.79 Å². The minimum atomic E-state index is -0.387. The highest BCUT2D eigenvalue weighted by molar-refractivity contribution is 6.35. The molecule has 0 bridgehead atoms. The summed E-state index contributed by atoms with van der Waals surface area (Å²) in [5, 5.41) is 3.87. The van der Waals surface area contributed by atoms with E-state index in [9.17, 15) is 4.79 Å². The lowest BCUT2D eigenvalue weighted by Gasteiger charge is -2.07. The Balaban J connectivity index is 1.37. The summed E-state index contributed by atoms with van der Waals surface area (Å²) in [5.74, 6) is 1.17. The number of anilines is 1. The molecule has 0 saturated heterocycles. The topological polar surface area (TPSA) is 68.3 Å². The second kappa shape index (κ2) is 9.61. The summed E-state index contributed by atoms with van der Waals surface area (Å²) in [6.07, 6.45) is 1.06. The van der Waals surface area contributed by atoms with Crippen LogP contribution in [0.25, 0.3) is 33.9 Å². The number of furan rings is 1. The third-order valence-electron chi connectivity index (χ3n) is 5.98. The molecule has 1 unspecified atom stereocenters. The minimum Gasteiger partial charge on any atom is -0.451 e. The normalized spacial score (nSPS) is 12.1. The monoisotopic (exact) mass is 504 g/mol. The maximum atomic E-state index is 12.8. The fourth-order valence-corrected chi connectivity index (χ4v) is 4.21. The third-order valence-corrected chi connectivity index (χ3v) is 6.55. The molecular formula is C28H22Cl2N2O3. The Morgan fingerprint density at radius 2 is 1.86 bits per heavy atom. The van der Waals surface area contributed by atoms with Crippen LogP contribution in [-0.2, 0) is 0 Å². The van der Waals surface area contributed by atoms with Crippen LogP contribution in [0.15, 0.2) is 81.6 Å². The van der Waals surface area contributed by atoms with Gasteiger partial charge >= 0.3 is 0 Å². The van der Waals surface area contributed by atoms with E-state index in [1.165, 1.54) is 5.56 Å². The van der Waals surface area contributed by atoms with Crippen molar-refractivity contribution in [1.29, 1.82) is 0 Å². The number of amides is 1. The highest BCUT2D eigenvalue weighted by atomic mass is 35.5. The van der Waals surface area contributed by atoms with E-state index in [2.05, 4.69) is 36.3 Å². The Morgan fingerprint density at radius 3 is 2.69 bits per heavy atom. The molecule has 2 aromatic heterocycles. The molecule has 1 N–H and O–H groups in total. The molecule has 176 valence electrons. The van der Waals surface area contributed by atoms with Crippen LogP contribution in [0.5, 0.6) is 0 Å². The Hall–Kier alpha value is -3.54. The van der Waals surface area contributed by atoms with Crippen LogP contribution >= 0.6 is 23.2 Å². The Kier molecular flexibility index (Phi) is 6.37. The summed E-state index contributed by atoms with van der Waals surface area (Å²) in [6, 6.07) is 21.8. The molecule has 2 heterocycles. The van der Waals surface area contributed by atoms with Gasteiger partial charge in [0.2, 0.25) is 5.89 Å². The average molecular weight is 505 g/mol. The minimum absolute atomic E-state index is 0.154. The maximum absolute atomic E-state index is 12.8. The van der Waals surface area contributed by atoms with Gasteiger partial charge in [0.25, 0.3) is 5.91 Å². The van der Waals surface area contributed by atoms with Gasteiger partial charge in [0.15, 0.2) is 11.3 Å². The number of hydrogen-bond acceptors (Lipinski definition) is 4. The number of carbonyl (C=O) groups excluding carboxylic acids is 1. The van der Waals surface area contributed by atoms with Crippen molar-refractivity contribution < 1.29 is 13.6 Å². The zero-order chi connectivity index (χ0) is 24.5. The molecule has 7 heteroatoms. The number of fused-ring (bicyclic) bond motifs is 1. The molecule has 5 rings (SSSR count). The van der Waals surface area contributed by atoms with E-state index >= 15 is 0 Å². The molecule has 0 fully saturated rings. The summed E-state index contributed by atoms with van der Waals surface area (Å²) in [7, 11) is 0. The number of hydrogen-bond donors (Lipinski definition) is 1. The highest BCUT2D eigenvalue weighted by Gasteiger charge is 2.16. The van der Waals surface area contributed by atoms with Gasteiger partial charge in [-0.15, -0.1) is 0 Å². The van der Waals surface area contributed by atoms with Crippen molar-refractivity contribution in [1.82, 2.24) is 4.98 Å². The number of nitrogens with one attached hydrogen (secondary N) is 1. The molecular weight excluding hydrogens is 483 g/mol. The molecule has 1 amide bonds. The molecule has 0 radical (unpaired) electrons. The Bertz CT molecular complexity index is 1540. The lowest BCUT2D eigenvalue weighted by molar-refractivity contribution is 0.0997. The van der Waals surface area contributed by atoms with Crippen LogP contribution in [0.3, 0.4) is 0 Å². The number of aromatic nitrogens is 1. The first-order chi connectivity index (χ1) is 16.9. The maximum Gasteiger partial charge on any atom is 0.291 e. The lowest BCUT2D eigenvalue weighted by Crippen LogP contribution is -2.10. The number of nitrogens with zero attached hydrogens (tertiary/aromatic N) is 1. The average Bonchev–Trinajstić information content (AvgIpc) is 3.52. The van der Waals surface area contributed by atoms with Crippen LogP contribution < -0.4 is 5.32 Å². The van der Waals surface area contributed by atoms with Crippen LogP contribution in [0.4, 0.5) is 5.69 Å². The molecule has 3 aromatic carbocycles. The van der Waals surface area contributed by atoms with Gasteiger partial charge in [0.05, 0.1) is 5.02 Å². The third kappa shape index (κ3) is 4.83. The predicted molar refractivity (Wildman–Crippen MR) is 140 cm³/mol. The van der Waals surface area contributed by atoms with E-state index < -0.39 is 0 Å². The summed E-state index contributed by atoms with van der Waals surface area (Å²) in [5.41, 5.74) is 4.74. The Morgan fingerprint density at radius 1 is 1.00 bits per heavy atom. The van der Waals surface area contributed by atoms with Gasteiger partial charge in [-0.25, -0.2) is 4.98 Å². The van der Waals surface area contributed by atoms with E-state index in [4.69, 9.17) is 32.0 Å². The van der Waals surface area contributed by atoms with Crippen molar-refractivity contribution in [3.05, 3.63) is 94.2 Å². The zero-order valence-electron chi connectivity index (χ0n) is 19.1. The van der Waals surface area contributed by atoms with Gasteiger partial charge in [-0.05, 0) is 78.6 Å². The number of benzene rings is 3. The molecule has 0 aliphatic rings. The van der Waals surface area contributed by atoms with Gasteiger partial charge < -0.3 is 14.2 Å². The van der Waals surface area contributed by atoms with Crippen molar-refractivity contribution in [2.24, 2.45) is 0 Å². The van der Waals surface area contributed by atoms with Gasteiger partial charge in [-0.1, -0.05) is 49.2 Å². The van der Waals surface area contributed by atoms with E-state index in [1.54, 1.807) is 36.4 Å². The molecule has 5 nitrogen and oxygen atoms in total. The zero-order valence-corrected chi connectivity index (χ0v) is 20.7. The fraction of sp³-hybridized carbons (Fsp3) is 0.143. The van der Waals surface area contributed by atoms with Crippen LogP contribution in [-0.4, -0.2) is 10.9 Å². The van der Waals surface area contributed by atoms with Gasteiger partial charge in [-0.2, -0.15) is 0 Å². The molecule has 0 aliphatic carbocycles. The van der Waals surface area contributed by atoms with Crippen molar-refractivity contribution >= 4 is 45.9 Å². The molecule has 0 spiro atoms. The molecule has 35 heavy (non-hydrogen) atoms. The second-order valence-corrected chi connectivity index (χ2v) is 9.22. The summed E-state index contributed by atoms with van der Waals surface area (Å²) in [6.45, 7) is 4.36. The van der Waals surface area contributed by atoms with E-state index in [0.29, 0.717) is 38.9 Å². The fourth-order valence-electron chi connectivity index (χ4n) is 3.82. The SMILES string of the molecule is CCC(C)c1ccc2oc(-c3cccc(NC(=O)c4ccc(-c5cc(Cl)ccc5Cl)o4)c3)nc2c1. The van der Waals surface area contributed by atoms with E-state index in [1.807, 2.05) is 24.3 Å². The standard InChI is InChI=1S/C28H22Cl2N2O3/c1-3-16(2)17-7-10-25-23(14-17)32-28(35-25)18-5-4-6-20(13-18)31-27(33)26-12-11-24(34-26)21-15-19(29)8-9-22(21)30/h4-16H,3H2,1-2H3,(H,31,33). The van der Waals surface area contributed by atoms with Gasteiger partial charge in [0, 0.05) is 21.8 Å². The van der Waals surface area contributed by atoms with Crippen LogP contribution in [0.1, 0.15) is 42.3 Å². The van der Waals surface area contributed by atoms with E-state index in [0.717, 1.165) is 23.1 Å². The van der Waals surface area contributed by atoms with Crippen molar-refractivity contribution in [3.8, 4) is 22.8 Å². The first kappa shape index (κ1) is 23.2. The summed E-state index contributed by atoms with van der Waals surface area (Å²) < 4.78 is 11.7. The lowest BCUT2D eigenvalue weighted by atomic mass is 9.98. The van der Waals surface area contributed by atoms with Gasteiger partial charge in [0.1, 0.15) is 11.3 Å². The van der Waals surface area contributed by atoms with E-state index in [-0.39, 0.29) is 11.7 Å². The van der Waals surface area contributed by atoms with Crippen molar-refractivity contribution in [2.45, 2.75) is 26.2 Å². The Labute approximate surface area is 212 Å². The predicted octanol–water partition coefficient (Wildman–Crippen LogP) is 8.83. The quantitative estimate of drug-likeness (QED) is 0.250. The molecule has 5 aromatic rings. The first-order valence-electron chi connectivity index (χ1n) is 11.3. The van der Waals surface area contributed by atoms with Crippen molar-refractivity contribution in [2.75, 3.05) is 5.32 Å². The molecule has 0 aliphatic heterocycles. The number of carbonyl (C=O) groups is 1. The number of rotatable bonds is 6. The van der Waals surface area contributed by atoms with Crippen LogP contribution in [0.2, 0.25) is 10.0 Å². The first-order valence-corrected chi connectivity index (χ1v) is 12.0. The summed E-state index contributed by atoms with van der Waals surface area (Å²) >= 11 is 12.3. The van der Waals surface area contributed by atoms with Crippen LogP contribution in [0, 0.1) is 0 Å². The molecule has 0 saturated carbocycles. The number of halogens is 2. The van der Waals surface area contributed by atoms with Crippen molar-refractivity contribution in [3.63, 3.8) is 0 Å².